The average molecular weight is 248 g/mol. The van der Waals surface area contributed by atoms with Crippen LogP contribution in [0.2, 0.25) is 0 Å². The number of allylic oxidation sites excluding steroid dienone is 2. The van der Waals surface area contributed by atoms with Crippen LogP contribution in [-0.2, 0) is 4.79 Å². The van der Waals surface area contributed by atoms with Gasteiger partial charge in [0.05, 0.1) is 11.8 Å². The van der Waals surface area contributed by atoms with Gasteiger partial charge in [0.2, 0.25) is 5.89 Å². The zero-order valence-corrected chi connectivity index (χ0v) is 10.2. The Hall–Kier alpha value is -1.65. The Morgan fingerprint density at radius 2 is 2.11 bits per heavy atom. The highest BCUT2D eigenvalue weighted by Gasteiger charge is 2.40. The summed E-state index contributed by atoms with van der Waals surface area (Å²) in [7, 11) is 0. The van der Waals surface area contributed by atoms with Gasteiger partial charge in [0.1, 0.15) is 0 Å². The summed E-state index contributed by atoms with van der Waals surface area (Å²) in [6.45, 7) is 2.16. The summed E-state index contributed by atoms with van der Waals surface area (Å²) in [5, 5.41) is 13.2. The van der Waals surface area contributed by atoms with Crippen LogP contribution in [0.1, 0.15) is 49.7 Å². The van der Waals surface area contributed by atoms with Gasteiger partial charge in [0.25, 0.3) is 0 Å². The highest BCUT2D eigenvalue weighted by molar-refractivity contribution is 5.71. The number of hydrogen-bond acceptors (Lipinski definition) is 4. The highest BCUT2D eigenvalue weighted by Crippen LogP contribution is 2.46. The van der Waals surface area contributed by atoms with Gasteiger partial charge >= 0.3 is 5.97 Å². The van der Waals surface area contributed by atoms with Gasteiger partial charge in [-0.1, -0.05) is 24.2 Å². The molecule has 0 saturated heterocycles. The summed E-state index contributed by atoms with van der Waals surface area (Å²) < 4.78 is 5.28. The maximum absolute atomic E-state index is 11.2. The lowest BCUT2D eigenvalue weighted by Gasteiger charge is -2.21. The molecule has 2 aliphatic carbocycles. The van der Waals surface area contributed by atoms with Gasteiger partial charge in [-0.15, -0.1) is 0 Å². The van der Waals surface area contributed by atoms with E-state index in [-0.39, 0.29) is 5.92 Å². The van der Waals surface area contributed by atoms with Crippen molar-refractivity contribution in [2.24, 2.45) is 11.8 Å². The number of carbonyl (C=O) groups is 1. The molecule has 0 spiro atoms. The Balaban J connectivity index is 1.82. The lowest BCUT2D eigenvalue weighted by Crippen LogP contribution is -2.23. The predicted molar refractivity (Wildman–Crippen MR) is 63.1 cm³/mol. The molecule has 1 N–H and O–H groups in total. The van der Waals surface area contributed by atoms with E-state index >= 15 is 0 Å². The molecule has 1 saturated carbocycles. The lowest BCUT2D eigenvalue weighted by atomic mass is 9.83. The largest absolute Gasteiger partial charge is 0.481 e. The zero-order chi connectivity index (χ0) is 12.7. The van der Waals surface area contributed by atoms with E-state index in [1.54, 1.807) is 0 Å². The summed E-state index contributed by atoms with van der Waals surface area (Å²) in [6, 6.07) is 0. The van der Waals surface area contributed by atoms with Crippen LogP contribution in [0, 0.1) is 11.8 Å². The van der Waals surface area contributed by atoms with Gasteiger partial charge in [0, 0.05) is 5.92 Å². The molecule has 5 heteroatoms. The van der Waals surface area contributed by atoms with Crippen molar-refractivity contribution in [3.05, 3.63) is 23.9 Å². The van der Waals surface area contributed by atoms with Crippen molar-refractivity contribution in [2.75, 3.05) is 0 Å². The topological polar surface area (TPSA) is 76.2 Å². The molecule has 0 aliphatic heterocycles. The van der Waals surface area contributed by atoms with Crippen molar-refractivity contribution in [1.82, 2.24) is 10.1 Å². The third-order valence-corrected chi connectivity index (χ3v) is 3.97. The molecule has 1 aromatic rings. The fourth-order valence-electron chi connectivity index (χ4n) is 2.59. The Morgan fingerprint density at radius 1 is 1.39 bits per heavy atom. The monoisotopic (exact) mass is 248 g/mol. The van der Waals surface area contributed by atoms with Gasteiger partial charge in [-0.25, -0.2) is 0 Å². The van der Waals surface area contributed by atoms with E-state index in [0.717, 1.165) is 12.2 Å². The molecule has 96 valence electrons. The van der Waals surface area contributed by atoms with Crippen LogP contribution >= 0.6 is 0 Å². The summed E-state index contributed by atoms with van der Waals surface area (Å²) >= 11 is 0. The second kappa shape index (κ2) is 4.23. The number of carboxylic acids is 1. The Morgan fingerprint density at radius 3 is 2.78 bits per heavy atom. The van der Waals surface area contributed by atoms with E-state index in [2.05, 4.69) is 17.1 Å². The molecule has 5 nitrogen and oxygen atoms in total. The SMILES string of the molecule is CC1CC1c1noc(C2CC=CCC2C(=O)O)n1. The fourth-order valence-corrected chi connectivity index (χ4v) is 2.59. The first-order valence-electron chi connectivity index (χ1n) is 6.38. The van der Waals surface area contributed by atoms with Gasteiger partial charge < -0.3 is 9.63 Å². The van der Waals surface area contributed by atoms with Crippen LogP contribution in [-0.4, -0.2) is 21.2 Å². The first kappa shape index (κ1) is 11.4. The molecule has 1 aromatic heterocycles. The maximum atomic E-state index is 11.2. The molecule has 0 radical (unpaired) electrons. The second-order valence-electron chi connectivity index (χ2n) is 5.30. The molecule has 1 fully saturated rings. The van der Waals surface area contributed by atoms with E-state index in [0.29, 0.717) is 30.6 Å². The van der Waals surface area contributed by atoms with E-state index < -0.39 is 11.9 Å². The van der Waals surface area contributed by atoms with Gasteiger partial charge in [-0.05, 0) is 25.2 Å². The number of carboxylic acid groups (broad SMARTS) is 1. The average Bonchev–Trinajstić information content (AvgIpc) is 2.92. The van der Waals surface area contributed by atoms with E-state index in [1.165, 1.54) is 0 Å². The molecule has 1 heterocycles. The molecule has 0 amide bonds. The summed E-state index contributed by atoms with van der Waals surface area (Å²) in [4.78, 5) is 15.6. The van der Waals surface area contributed by atoms with Crippen LogP contribution in [0.3, 0.4) is 0 Å². The molecular formula is C13H16N2O3. The minimum absolute atomic E-state index is 0.178. The van der Waals surface area contributed by atoms with Crippen LogP contribution in [0.15, 0.2) is 16.7 Å². The van der Waals surface area contributed by atoms with Crippen LogP contribution < -0.4 is 0 Å². The minimum atomic E-state index is -0.788. The molecule has 3 rings (SSSR count). The molecule has 2 aliphatic rings. The maximum Gasteiger partial charge on any atom is 0.307 e. The van der Waals surface area contributed by atoms with Crippen molar-refractivity contribution >= 4 is 5.97 Å². The van der Waals surface area contributed by atoms with Crippen molar-refractivity contribution in [3.63, 3.8) is 0 Å². The smallest absolute Gasteiger partial charge is 0.307 e. The molecule has 4 atom stereocenters. The Kier molecular flexibility index (Phi) is 2.69. The number of aromatic nitrogens is 2. The zero-order valence-electron chi connectivity index (χ0n) is 10.2. The summed E-state index contributed by atoms with van der Waals surface area (Å²) in [5.74, 6) is 0.852. The first-order chi connectivity index (χ1) is 8.66. The van der Waals surface area contributed by atoms with Gasteiger partial charge in [0.15, 0.2) is 5.82 Å². The molecule has 0 bridgehead atoms. The Labute approximate surface area is 105 Å². The quantitative estimate of drug-likeness (QED) is 0.831. The van der Waals surface area contributed by atoms with Crippen molar-refractivity contribution in [1.29, 1.82) is 0 Å². The highest BCUT2D eigenvalue weighted by atomic mass is 16.5. The van der Waals surface area contributed by atoms with Crippen LogP contribution in [0.4, 0.5) is 0 Å². The van der Waals surface area contributed by atoms with Gasteiger partial charge in [-0.3, -0.25) is 4.79 Å². The number of nitrogens with zero attached hydrogens (tertiary/aromatic N) is 2. The van der Waals surface area contributed by atoms with Crippen molar-refractivity contribution in [2.45, 2.75) is 38.0 Å². The van der Waals surface area contributed by atoms with Gasteiger partial charge in [-0.2, -0.15) is 4.98 Å². The lowest BCUT2D eigenvalue weighted by molar-refractivity contribution is -0.142. The molecular weight excluding hydrogens is 232 g/mol. The summed E-state index contributed by atoms with van der Waals surface area (Å²) in [5.41, 5.74) is 0. The normalized spacial score (nSPS) is 34.5. The van der Waals surface area contributed by atoms with E-state index in [1.807, 2.05) is 12.2 Å². The van der Waals surface area contributed by atoms with E-state index in [4.69, 9.17) is 4.52 Å². The second-order valence-corrected chi connectivity index (χ2v) is 5.30. The third-order valence-electron chi connectivity index (χ3n) is 3.97. The number of rotatable bonds is 3. The first-order valence-corrected chi connectivity index (χ1v) is 6.38. The predicted octanol–water partition coefficient (Wildman–Crippen LogP) is 2.33. The van der Waals surface area contributed by atoms with Crippen LogP contribution in [0.25, 0.3) is 0 Å². The standard InChI is InChI=1S/C13H16N2O3/c1-7-6-10(7)11-14-12(18-15-11)8-4-2-3-5-9(8)13(16)17/h2-3,7-10H,4-6H2,1H3,(H,16,17). The number of hydrogen-bond donors (Lipinski definition) is 1. The molecule has 0 aromatic carbocycles. The molecule has 4 unspecified atom stereocenters. The van der Waals surface area contributed by atoms with E-state index in [9.17, 15) is 9.90 Å². The Bertz CT molecular complexity index is 494. The van der Waals surface area contributed by atoms with Crippen molar-refractivity contribution < 1.29 is 14.4 Å². The third kappa shape index (κ3) is 1.94. The summed E-state index contributed by atoms with van der Waals surface area (Å²) in [6.07, 6.45) is 6.21. The van der Waals surface area contributed by atoms with Crippen LogP contribution in [0.5, 0.6) is 0 Å². The molecule has 18 heavy (non-hydrogen) atoms. The fraction of sp³-hybridized carbons (Fsp3) is 0.615. The van der Waals surface area contributed by atoms with Crippen molar-refractivity contribution in [3.8, 4) is 0 Å². The minimum Gasteiger partial charge on any atom is -0.481 e. The number of aliphatic carboxylic acids is 1.